The lowest BCUT2D eigenvalue weighted by atomic mass is 10.1. The minimum absolute atomic E-state index is 0.0118. The van der Waals surface area contributed by atoms with Crippen molar-refractivity contribution in [1.82, 2.24) is 9.97 Å². The maximum absolute atomic E-state index is 9.25. The van der Waals surface area contributed by atoms with E-state index in [0.717, 1.165) is 5.82 Å². The van der Waals surface area contributed by atoms with Crippen LogP contribution in [0, 0.1) is 0 Å². The summed E-state index contributed by atoms with van der Waals surface area (Å²) in [5.74, 6) is 0.738. The van der Waals surface area contributed by atoms with Crippen molar-refractivity contribution in [3.8, 4) is 0 Å². The largest absolute Gasteiger partial charge is 0.394 e. The Morgan fingerprint density at radius 1 is 1.39 bits per heavy atom. The van der Waals surface area contributed by atoms with Gasteiger partial charge >= 0.3 is 0 Å². The Kier molecular flexibility index (Phi) is 3.79. The molecule has 1 aliphatic heterocycles. The van der Waals surface area contributed by atoms with Crippen molar-refractivity contribution in [2.45, 2.75) is 32.2 Å². The second kappa shape index (κ2) is 5.17. The zero-order chi connectivity index (χ0) is 13.2. The summed E-state index contributed by atoms with van der Waals surface area (Å²) in [7, 11) is 0. The van der Waals surface area contributed by atoms with Crippen molar-refractivity contribution < 1.29 is 14.9 Å². The molecule has 1 atom stereocenters. The lowest BCUT2D eigenvalue weighted by molar-refractivity contribution is -0.101. The van der Waals surface area contributed by atoms with Crippen molar-refractivity contribution in [2.24, 2.45) is 0 Å². The zero-order valence-corrected chi connectivity index (χ0v) is 10.7. The van der Waals surface area contributed by atoms with Gasteiger partial charge in [-0.15, -0.1) is 0 Å². The minimum atomic E-state index is -0.330. The van der Waals surface area contributed by atoms with Crippen LogP contribution in [0.4, 0.5) is 5.82 Å². The summed E-state index contributed by atoms with van der Waals surface area (Å²) in [6.45, 7) is 5.13. The summed E-state index contributed by atoms with van der Waals surface area (Å²) in [5.41, 5.74) is 0.216. The molecule has 0 radical (unpaired) electrons. The maximum atomic E-state index is 9.25. The first-order valence-electron chi connectivity index (χ1n) is 5.99. The maximum Gasteiger partial charge on any atom is 0.147 e. The van der Waals surface area contributed by atoms with Gasteiger partial charge in [0.1, 0.15) is 5.82 Å². The minimum Gasteiger partial charge on any atom is -0.394 e. The normalized spacial score (nSPS) is 23.1. The number of aliphatic hydroxyl groups excluding tert-OH is 2. The van der Waals surface area contributed by atoms with Crippen LogP contribution in [0.5, 0.6) is 0 Å². The molecule has 1 fully saturated rings. The Bertz CT molecular complexity index is 394. The summed E-state index contributed by atoms with van der Waals surface area (Å²) in [5, 5.41) is 18.2. The van der Waals surface area contributed by atoms with Crippen molar-refractivity contribution in [3.05, 3.63) is 18.1 Å². The monoisotopic (exact) mass is 253 g/mol. The van der Waals surface area contributed by atoms with E-state index in [1.807, 2.05) is 18.7 Å². The molecular weight excluding hydrogens is 234 g/mol. The van der Waals surface area contributed by atoms with E-state index in [0.29, 0.717) is 18.8 Å². The molecule has 0 aromatic carbocycles. The molecule has 1 unspecified atom stereocenters. The molecular formula is C12H19N3O3. The standard InChI is InChI=1S/C12H19N3O3/c1-12(2)8-15(5-10(7-17)18-12)11-4-13-9(6-16)3-14-11/h3-4,10,16-17H,5-8H2,1-2H3. The van der Waals surface area contributed by atoms with Gasteiger partial charge in [0.15, 0.2) is 0 Å². The predicted octanol–water partition coefficient (Wildman–Crippen LogP) is -0.0550. The zero-order valence-electron chi connectivity index (χ0n) is 10.7. The van der Waals surface area contributed by atoms with Gasteiger partial charge in [0.25, 0.3) is 0 Å². The van der Waals surface area contributed by atoms with Crippen molar-refractivity contribution in [3.63, 3.8) is 0 Å². The number of rotatable bonds is 3. The van der Waals surface area contributed by atoms with Gasteiger partial charge < -0.3 is 19.8 Å². The van der Waals surface area contributed by atoms with Crippen LogP contribution < -0.4 is 4.90 Å². The number of anilines is 1. The van der Waals surface area contributed by atoms with E-state index in [4.69, 9.17) is 9.84 Å². The molecule has 0 amide bonds. The Balaban J connectivity index is 2.15. The molecule has 18 heavy (non-hydrogen) atoms. The van der Waals surface area contributed by atoms with Gasteiger partial charge in [-0.2, -0.15) is 0 Å². The van der Waals surface area contributed by atoms with Gasteiger partial charge in [-0.25, -0.2) is 4.98 Å². The molecule has 0 aliphatic carbocycles. The van der Waals surface area contributed by atoms with Crippen LogP contribution in [0.1, 0.15) is 19.5 Å². The molecule has 0 spiro atoms. The van der Waals surface area contributed by atoms with Gasteiger partial charge in [0.2, 0.25) is 0 Å². The SMILES string of the molecule is CC1(C)CN(c2cnc(CO)cn2)CC(CO)O1. The fourth-order valence-corrected chi connectivity index (χ4v) is 2.16. The highest BCUT2D eigenvalue weighted by molar-refractivity contribution is 5.37. The van der Waals surface area contributed by atoms with Crippen LogP contribution in [-0.4, -0.2) is 51.6 Å². The molecule has 0 bridgehead atoms. The van der Waals surface area contributed by atoms with Crippen LogP contribution in [0.15, 0.2) is 12.4 Å². The Hall–Kier alpha value is -1.24. The molecule has 2 N–H and O–H groups in total. The number of morpholine rings is 1. The van der Waals surface area contributed by atoms with Crippen LogP contribution in [-0.2, 0) is 11.3 Å². The topological polar surface area (TPSA) is 78.7 Å². The molecule has 0 saturated carbocycles. The van der Waals surface area contributed by atoms with Crippen molar-refractivity contribution in [1.29, 1.82) is 0 Å². The first-order valence-corrected chi connectivity index (χ1v) is 5.99. The second-order valence-electron chi connectivity index (χ2n) is 5.09. The molecule has 6 nitrogen and oxygen atoms in total. The fraction of sp³-hybridized carbons (Fsp3) is 0.667. The number of ether oxygens (including phenoxy) is 1. The third-order valence-electron chi connectivity index (χ3n) is 2.86. The lowest BCUT2D eigenvalue weighted by Crippen LogP contribution is -2.54. The molecule has 1 aliphatic rings. The number of nitrogens with zero attached hydrogens (tertiary/aromatic N) is 3. The van der Waals surface area contributed by atoms with E-state index >= 15 is 0 Å². The lowest BCUT2D eigenvalue weighted by Gasteiger charge is -2.42. The van der Waals surface area contributed by atoms with E-state index in [1.54, 1.807) is 12.4 Å². The quantitative estimate of drug-likeness (QED) is 0.786. The summed E-state index contributed by atoms with van der Waals surface area (Å²) in [6.07, 6.45) is 2.99. The fourth-order valence-electron chi connectivity index (χ4n) is 2.16. The number of hydrogen-bond donors (Lipinski definition) is 2. The van der Waals surface area contributed by atoms with Gasteiger partial charge in [-0.3, -0.25) is 4.98 Å². The number of aromatic nitrogens is 2. The molecule has 2 heterocycles. The average molecular weight is 253 g/mol. The van der Waals surface area contributed by atoms with Gasteiger partial charge in [0.05, 0.1) is 43.0 Å². The average Bonchev–Trinajstić information content (AvgIpc) is 2.37. The molecule has 1 aromatic rings. The Morgan fingerprint density at radius 2 is 2.17 bits per heavy atom. The summed E-state index contributed by atoms with van der Waals surface area (Å²) < 4.78 is 5.74. The van der Waals surface area contributed by atoms with Gasteiger partial charge in [-0.1, -0.05) is 0 Å². The highest BCUT2D eigenvalue weighted by Crippen LogP contribution is 2.24. The molecule has 6 heteroatoms. The Morgan fingerprint density at radius 3 is 2.72 bits per heavy atom. The van der Waals surface area contributed by atoms with Crippen molar-refractivity contribution >= 4 is 5.82 Å². The van der Waals surface area contributed by atoms with Crippen LogP contribution in [0.25, 0.3) is 0 Å². The molecule has 2 rings (SSSR count). The van der Waals surface area contributed by atoms with Crippen LogP contribution in [0.2, 0.25) is 0 Å². The van der Waals surface area contributed by atoms with E-state index in [1.165, 1.54) is 0 Å². The first-order chi connectivity index (χ1) is 8.54. The highest BCUT2D eigenvalue weighted by atomic mass is 16.5. The molecule has 100 valence electrons. The van der Waals surface area contributed by atoms with Crippen LogP contribution >= 0.6 is 0 Å². The smallest absolute Gasteiger partial charge is 0.147 e. The summed E-state index contributed by atoms with van der Waals surface area (Å²) in [4.78, 5) is 10.4. The third-order valence-corrected chi connectivity index (χ3v) is 2.86. The number of hydrogen-bond acceptors (Lipinski definition) is 6. The van der Waals surface area contributed by atoms with Gasteiger partial charge in [-0.05, 0) is 13.8 Å². The summed E-state index contributed by atoms with van der Waals surface area (Å²) >= 11 is 0. The van der Waals surface area contributed by atoms with E-state index in [2.05, 4.69) is 9.97 Å². The first kappa shape index (κ1) is 13.2. The summed E-state index contributed by atoms with van der Waals surface area (Å²) in [6, 6.07) is 0. The van der Waals surface area contributed by atoms with E-state index < -0.39 is 0 Å². The van der Waals surface area contributed by atoms with Gasteiger partial charge in [0, 0.05) is 13.1 Å². The van der Waals surface area contributed by atoms with Crippen LogP contribution in [0.3, 0.4) is 0 Å². The predicted molar refractivity (Wildman–Crippen MR) is 66.2 cm³/mol. The van der Waals surface area contributed by atoms with Crippen molar-refractivity contribution in [2.75, 3.05) is 24.6 Å². The third kappa shape index (κ3) is 2.95. The molecule has 1 saturated heterocycles. The number of aliphatic hydroxyl groups is 2. The second-order valence-corrected chi connectivity index (χ2v) is 5.09. The van der Waals surface area contributed by atoms with E-state index in [9.17, 15) is 5.11 Å². The highest BCUT2D eigenvalue weighted by Gasteiger charge is 2.33. The molecule has 1 aromatic heterocycles. The Labute approximate surface area is 106 Å². The van der Waals surface area contributed by atoms with E-state index in [-0.39, 0.29) is 24.9 Å².